The van der Waals surface area contributed by atoms with Crippen LogP contribution in [0.1, 0.15) is 23.4 Å². The van der Waals surface area contributed by atoms with Crippen LogP contribution in [-0.4, -0.2) is 36.4 Å². The van der Waals surface area contributed by atoms with Gasteiger partial charge in [0.1, 0.15) is 6.07 Å². The minimum Gasteiger partial charge on any atom is -0.334 e. The van der Waals surface area contributed by atoms with E-state index < -0.39 is 0 Å². The number of fused-ring (bicyclic) bond motifs is 1. The van der Waals surface area contributed by atoms with E-state index in [4.69, 9.17) is 9.78 Å². The van der Waals surface area contributed by atoms with Crippen LogP contribution >= 0.6 is 0 Å². The van der Waals surface area contributed by atoms with Gasteiger partial charge in [0.05, 0.1) is 12.1 Å². The first-order chi connectivity index (χ1) is 14.7. The van der Waals surface area contributed by atoms with Gasteiger partial charge in [0.2, 0.25) is 5.95 Å². The molecule has 0 bridgehead atoms. The molecule has 0 unspecified atom stereocenters. The second-order valence-electron chi connectivity index (χ2n) is 7.21. The van der Waals surface area contributed by atoms with E-state index in [0.29, 0.717) is 29.6 Å². The molecule has 0 saturated carbocycles. The number of nitrogens with zero attached hydrogens (tertiary/aromatic N) is 8. The number of rotatable bonds is 4. The average Bonchev–Trinajstić information content (AvgIpc) is 3.42. The van der Waals surface area contributed by atoms with Crippen molar-refractivity contribution in [3.8, 4) is 28.9 Å². The van der Waals surface area contributed by atoms with Crippen molar-refractivity contribution >= 4 is 5.95 Å². The number of anilines is 1. The van der Waals surface area contributed by atoms with Gasteiger partial charge in [-0.2, -0.15) is 10.2 Å². The summed E-state index contributed by atoms with van der Waals surface area (Å²) in [5.74, 6) is 2.55. The molecular weight excluding hydrogens is 380 g/mol. The van der Waals surface area contributed by atoms with Gasteiger partial charge in [0.25, 0.3) is 5.89 Å². The van der Waals surface area contributed by atoms with Gasteiger partial charge in [-0.15, -0.1) is 10.2 Å². The number of nitriles is 1. The molecule has 9 nitrogen and oxygen atoms in total. The molecule has 9 heteroatoms. The first-order valence-corrected chi connectivity index (χ1v) is 9.64. The highest BCUT2D eigenvalue weighted by molar-refractivity contribution is 5.59. The molecule has 0 aliphatic carbocycles. The maximum atomic E-state index is 9.14. The minimum atomic E-state index is 0.476. The summed E-state index contributed by atoms with van der Waals surface area (Å²) in [5, 5.41) is 22.0. The average molecular weight is 398 g/mol. The fourth-order valence-corrected chi connectivity index (χ4v) is 3.63. The van der Waals surface area contributed by atoms with Crippen molar-refractivity contribution < 1.29 is 4.52 Å². The largest absolute Gasteiger partial charge is 0.334 e. The fraction of sp³-hybridized carbons (Fsp3) is 0.238. The van der Waals surface area contributed by atoms with Gasteiger partial charge in [0, 0.05) is 36.6 Å². The van der Waals surface area contributed by atoms with Gasteiger partial charge in [-0.05, 0) is 31.5 Å². The molecule has 0 atom stereocenters. The third-order valence-electron chi connectivity index (χ3n) is 5.01. The maximum absolute atomic E-state index is 9.14. The SMILES string of the molecule is Cc1cccc(-c2nc(CN3CCCn4c(-c5cncc(C#N)c5)nnc43)no2)c1. The standard InChI is InChI=1S/C21H18N8O/c1-14-4-2-5-16(8-14)20-24-18(27-30-20)13-28-6-3-7-29-19(25-26-21(28)29)17-9-15(10-22)11-23-12-17/h2,4-5,8-9,11-12H,3,6-7,13H2,1H3. The smallest absolute Gasteiger partial charge is 0.257 e. The summed E-state index contributed by atoms with van der Waals surface area (Å²) in [5.41, 5.74) is 3.31. The van der Waals surface area contributed by atoms with E-state index in [-0.39, 0.29) is 0 Å². The van der Waals surface area contributed by atoms with Gasteiger partial charge in [-0.3, -0.25) is 9.55 Å². The molecule has 4 aromatic rings. The Kier molecular flexibility index (Phi) is 4.44. The molecule has 5 rings (SSSR count). The quantitative estimate of drug-likeness (QED) is 0.516. The van der Waals surface area contributed by atoms with Crippen LogP contribution in [0, 0.1) is 18.3 Å². The van der Waals surface area contributed by atoms with Crippen LogP contribution in [0.25, 0.3) is 22.8 Å². The first-order valence-electron chi connectivity index (χ1n) is 9.64. The number of pyridine rings is 1. The van der Waals surface area contributed by atoms with E-state index >= 15 is 0 Å². The van der Waals surface area contributed by atoms with Crippen molar-refractivity contribution in [1.29, 1.82) is 5.26 Å². The Morgan fingerprint density at radius 1 is 1.13 bits per heavy atom. The molecule has 0 fully saturated rings. The van der Waals surface area contributed by atoms with Gasteiger partial charge in [-0.25, -0.2) is 0 Å². The molecule has 1 aliphatic rings. The number of aryl methyl sites for hydroxylation is 1. The minimum absolute atomic E-state index is 0.476. The van der Waals surface area contributed by atoms with Crippen LogP contribution in [0.5, 0.6) is 0 Å². The van der Waals surface area contributed by atoms with E-state index in [0.717, 1.165) is 42.1 Å². The zero-order chi connectivity index (χ0) is 20.5. The number of hydrogen-bond acceptors (Lipinski definition) is 8. The summed E-state index contributed by atoms with van der Waals surface area (Å²) < 4.78 is 7.51. The Morgan fingerprint density at radius 3 is 2.93 bits per heavy atom. The summed E-state index contributed by atoms with van der Waals surface area (Å²) >= 11 is 0. The van der Waals surface area contributed by atoms with Crippen LogP contribution in [0.3, 0.4) is 0 Å². The topological polar surface area (TPSA) is 110 Å². The highest BCUT2D eigenvalue weighted by Gasteiger charge is 2.25. The van der Waals surface area contributed by atoms with Crippen LogP contribution in [0.4, 0.5) is 5.95 Å². The third-order valence-corrected chi connectivity index (χ3v) is 5.01. The first kappa shape index (κ1) is 18.0. The van der Waals surface area contributed by atoms with Crippen molar-refractivity contribution in [2.75, 3.05) is 11.4 Å². The van der Waals surface area contributed by atoms with E-state index in [1.807, 2.05) is 35.8 Å². The van der Waals surface area contributed by atoms with Crippen LogP contribution < -0.4 is 4.90 Å². The zero-order valence-electron chi connectivity index (χ0n) is 16.4. The molecule has 0 radical (unpaired) electrons. The molecule has 0 saturated heterocycles. The van der Waals surface area contributed by atoms with Crippen LogP contribution in [0.2, 0.25) is 0 Å². The van der Waals surface area contributed by atoms with E-state index in [2.05, 4.69) is 36.3 Å². The summed E-state index contributed by atoms with van der Waals surface area (Å²) in [6.45, 7) is 4.12. The molecule has 0 spiro atoms. The Hall–Kier alpha value is -4.06. The molecule has 30 heavy (non-hydrogen) atoms. The lowest BCUT2D eigenvalue weighted by Gasteiger charge is -2.27. The van der Waals surface area contributed by atoms with Gasteiger partial charge >= 0.3 is 0 Å². The molecular formula is C21H18N8O. The Labute approximate surface area is 172 Å². The molecule has 4 heterocycles. The molecule has 0 amide bonds. The molecule has 1 aliphatic heterocycles. The summed E-state index contributed by atoms with van der Waals surface area (Å²) in [7, 11) is 0. The van der Waals surface area contributed by atoms with Gasteiger partial charge in [0.15, 0.2) is 11.6 Å². The molecule has 1 aromatic carbocycles. The fourth-order valence-electron chi connectivity index (χ4n) is 3.63. The molecule has 3 aromatic heterocycles. The Morgan fingerprint density at radius 2 is 2.07 bits per heavy atom. The third kappa shape index (κ3) is 3.28. The predicted octanol–water partition coefficient (Wildman–Crippen LogP) is 2.98. The predicted molar refractivity (Wildman–Crippen MR) is 108 cm³/mol. The normalized spacial score (nSPS) is 13.1. The van der Waals surface area contributed by atoms with E-state index in [9.17, 15) is 0 Å². The molecule has 148 valence electrons. The summed E-state index contributed by atoms with van der Waals surface area (Å²) in [4.78, 5) is 10.8. The summed E-state index contributed by atoms with van der Waals surface area (Å²) in [6, 6.07) is 11.9. The van der Waals surface area contributed by atoms with Crippen molar-refractivity contribution in [3.05, 3.63) is 59.7 Å². The van der Waals surface area contributed by atoms with E-state index in [1.54, 1.807) is 12.3 Å². The van der Waals surface area contributed by atoms with Crippen molar-refractivity contribution in [1.82, 2.24) is 29.9 Å². The van der Waals surface area contributed by atoms with E-state index in [1.165, 1.54) is 6.20 Å². The Balaban J connectivity index is 1.41. The number of aromatic nitrogens is 6. The number of benzene rings is 1. The lowest BCUT2D eigenvalue weighted by Crippen LogP contribution is -2.32. The van der Waals surface area contributed by atoms with Crippen molar-refractivity contribution in [2.45, 2.75) is 26.4 Å². The van der Waals surface area contributed by atoms with Gasteiger partial charge in [-0.1, -0.05) is 22.9 Å². The van der Waals surface area contributed by atoms with Crippen molar-refractivity contribution in [2.24, 2.45) is 0 Å². The number of hydrogen-bond donors (Lipinski definition) is 0. The monoisotopic (exact) mass is 398 g/mol. The highest BCUT2D eigenvalue weighted by atomic mass is 16.5. The summed E-state index contributed by atoms with van der Waals surface area (Å²) in [6.07, 6.45) is 4.17. The second kappa shape index (κ2) is 7.40. The molecule has 0 N–H and O–H groups in total. The lowest BCUT2D eigenvalue weighted by molar-refractivity contribution is 0.420. The van der Waals surface area contributed by atoms with Crippen LogP contribution in [-0.2, 0) is 13.1 Å². The van der Waals surface area contributed by atoms with Gasteiger partial charge < -0.3 is 9.42 Å². The van der Waals surface area contributed by atoms with Crippen molar-refractivity contribution in [3.63, 3.8) is 0 Å². The second-order valence-corrected chi connectivity index (χ2v) is 7.21. The zero-order valence-corrected chi connectivity index (χ0v) is 16.4. The highest BCUT2D eigenvalue weighted by Crippen LogP contribution is 2.27. The Bertz CT molecular complexity index is 1250. The van der Waals surface area contributed by atoms with Crippen LogP contribution in [0.15, 0.2) is 47.2 Å². The lowest BCUT2D eigenvalue weighted by atomic mass is 10.1. The maximum Gasteiger partial charge on any atom is 0.257 e.